The summed E-state index contributed by atoms with van der Waals surface area (Å²) in [6.45, 7) is 6.45. The molecule has 1 atom stereocenters. The Kier molecular flexibility index (Phi) is 4.59. The summed E-state index contributed by atoms with van der Waals surface area (Å²) >= 11 is 0. The molecule has 22 heavy (non-hydrogen) atoms. The smallest absolute Gasteiger partial charge is 0.329 e. The fourth-order valence-electron chi connectivity index (χ4n) is 3.17. The second-order valence-corrected chi connectivity index (χ2v) is 6.98. The number of carbonyl (C=O) groups excluding carboxylic acids is 1. The molecule has 0 bridgehead atoms. The van der Waals surface area contributed by atoms with Crippen molar-refractivity contribution >= 4 is 11.9 Å². The van der Waals surface area contributed by atoms with Gasteiger partial charge in [-0.15, -0.1) is 0 Å². The van der Waals surface area contributed by atoms with Crippen molar-refractivity contribution in [2.75, 3.05) is 6.54 Å². The van der Waals surface area contributed by atoms with Crippen molar-refractivity contribution in [3.05, 3.63) is 35.9 Å². The normalized spacial score (nSPS) is 21.9. The van der Waals surface area contributed by atoms with Gasteiger partial charge in [-0.25, -0.2) is 4.79 Å². The summed E-state index contributed by atoms with van der Waals surface area (Å²) in [6, 6.07) is 10.1. The fraction of sp³-hybridized carbons (Fsp3) is 0.556. The van der Waals surface area contributed by atoms with Crippen LogP contribution in [0.3, 0.4) is 0 Å². The van der Waals surface area contributed by atoms with E-state index in [1.807, 2.05) is 18.2 Å². The summed E-state index contributed by atoms with van der Waals surface area (Å²) in [7, 11) is 0. The van der Waals surface area contributed by atoms with Crippen LogP contribution in [0.4, 0.5) is 0 Å². The number of hydrogen-bond acceptors (Lipinski definition) is 2. The summed E-state index contributed by atoms with van der Waals surface area (Å²) < 4.78 is 0. The first-order chi connectivity index (χ1) is 10.3. The number of carbonyl (C=O) groups is 2. The second-order valence-electron chi connectivity index (χ2n) is 6.98. The lowest BCUT2D eigenvalue weighted by Gasteiger charge is -2.32. The zero-order valence-electron chi connectivity index (χ0n) is 13.6. The molecular weight excluding hydrogens is 278 g/mol. The van der Waals surface area contributed by atoms with Crippen LogP contribution in [-0.2, 0) is 15.0 Å². The van der Waals surface area contributed by atoms with E-state index >= 15 is 0 Å². The Hall–Kier alpha value is -1.84. The van der Waals surface area contributed by atoms with Crippen molar-refractivity contribution in [3.63, 3.8) is 0 Å². The van der Waals surface area contributed by atoms with Gasteiger partial charge in [-0.05, 0) is 37.2 Å². The molecule has 1 aliphatic heterocycles. The highest BCUT2D eigenvalue weighted by Gasteiger charge is 2.45. The molecule has 4 heteroatoms. The summed E-state index contributed by atoms with van der Waals surface area (Å²) in [5, 5.41) is 9.40. The Labute approximate surface area is 132 Å². The summed E-state index contributed by atoms with van der Waals surface area (Å²) in [6.07, 6.45) is 2.39. The van der Waals surface area contributed by atoms with Crippen LogP contribution in [0.5, 0.6) is 0 Å². The number of nitrogens with zero attached hydrogens (tertiary/aromatic N) is 1. The van der Waals surface area contributed by atoms with Crippen molar-refractivity contribution in [1.82, 2.24) is 4.90 Å². The van der Waals surface area contributed by atoms with Crippen LogP contribution in [0.15, 0.2) is 30.3 Å². The monoisotopic (exact) mass is 303 g/mol. The zero-order chi connectivity index (χ0) is 16.4. The Bertz CT molecular complexity index is 553. The van der Waals surface area contributed by atoms with Crippen LogP contribution >= 0.6 is 0 Å². The molecule has 1 aromatic carbocycles. The van der Waals surface area contributed by atoms with E-state index in [-0.39, 0.29) is 11.3 Å². The maximum Gasteiger partial charge on any atom is 0.329 e. The number of benzene rings is 1. The average Bonchev–Trinajstić information content (AvgIpc) is 2.89. The van der Waals surface area contributed by atoms with Crippen LogP contribution in [0.25, 0.3) is 0 Å². The van der Waals surface area contributed by atoms with E-state index in [1.165, 1.54) is 5.56 Å². The van der Waals surface area contributed by atoms with Gasteiger partial charge in [0, 0.05) is 13.0 Å². The van der Waals surface area contributed by atoms with Gasteiger partial charge in [0.15, 0.2) is 0 Å². The number of likely N-dealkylation sites (tertiary alicyclic amines) is 1. The van der Waals surface area contributed by atoms with Gasteiger partial charge in [0.1, 0.15) is 5.54 Å². The predicted octanol–water partition coefficient (Wildman–Crippen LogP) is 3.21. The van der Waals surface area contributed by atoms with Gasteiger partial charge in [-0.2, -0.15) is 0 Å². The molecule has 1 amide bonds. The van der Waals surface area contributed by atoms with Gasteiger partial charge >= 0.3 is 5.97 Å². The van der Waals surface area contributed by atoms with Crippen molar-refractivity contribution < 1.29 is 14.7 Å². The Morgan fingerprint density at radius 3 is 2.50 bits per heavy atom. The lowest BCUT2D eigenvalue weighted by atomic mass is 9.80. The maximum atomic E-state index is 12.5. The molecule has 0 spiro atoms. The van der Waals surface area contributed by atoms with Crippen LogP contribution in [0.1, 0.15) is 52.0 Å². The van der Waals surface area contributed by atoms with Crippen LogP contribution in [-0.4, -0.2) is 34.0 Å². The zero-order valence-corrected chi connectivity index (χ0v) is 13.6. The van der Waals surface area contributed by atoms with Gasteiger partial charge in [0.2, 0.25) is 5.91 Å². The first-order valence-corrected chi connectivity index (χ1v) is 7.87. The molecule has 1 fully saturated rings. The molecule has 1 heterocycles. The van der Waals surface area contributed by atoms with Crippen molar-refractivity contribution in [3.8, 4) is 0 Å². The molecule has 1 unspecified atom stereocenters. The molecule has 0 saturated carbocycles. The van der Waals surface area contributed by atoms with E-state index in [0.717, 1.165) is 6.42 Å². The number of aliphatic carboxylic acids is 1. The highest BCUT2D eigenvalue weighted by molar-refractivity contribution is 5.87. The highest BCUT2D eigenvalue weighted by Crippen LogP contribution is 2.32. The number of rotatable bonds is 5. The number of hydrogen-bond donors (Lipinski definition) is 1. The molecule has 1 aromatic rings. The molecular formula is C18H25NO3. The SMILES string of the molecule is CC(C)(CCC(=O)N1CCCC1(C)C(=O)O)c1ccccc1. The largest absolute Gasteiger partial charge is 0.480 e. The lowest BCUT2D eigenvalue weighted by Crippen LogP contribution is -2.50. The van der Waals surface area contributed by atoms with Gasteiger partial charge in [-0.1, -0.05) is 44.2 Å². The Morgan fingerprint density at radius 2 is 1.91 bits per heavy atom. The summed E-state index contributed by atoms with van der Waals surface area (Å²) in [5.74, 6) is -0.952. The molecule has 4 nitrogen and oxygen atoms in total. The minimum Gasteiger partial charge on any atom is -0.480 e. The van der Waals surface area contributed by atoms with Crippen molar-refractivity contribution in [1.29, 1.82) is 0 Å². The predicted molar refractivity (Wildman–Crippen MR) is 85.7 cm³/mol. The molecule has 120 valence electrons. The van der Waals surface area contributed by atoms with Crippen LogP contribution in [0, 0.1) is 0 Å². The van der Waals surface area contributed by atoms with E-state index in [2.05, 4.69) is 26.0 Å². The number of carboxylic acid groups (broad SMARTS) is 1. The van der Waals surface area contributed by atoms with Gasteiger partial charge < -0.3 is 10.0 Å². The van der Waals surface area contributed by atoms with Gasteiger partial charge in [0.25, 0.3) is 0 Å². The van der Waals surface area contributed by atoms with Gasteiger partial charge in [0.05, 0.1) is 0 Å². The first kappa shape index (κ1) is 16.5. The Balaban J connectivity index is 2.02. The summed E-state index contributed by atoms with van der Waals surface area (Å²) in [5.41, 5.74) is 0.0646. The maximum absolute atomic E-state index is 12.5. The third-order valence-corrected chi connectivity index (χ3v) is 4.92. The molecule has 0 aromatic heterocycles. The third kappa shape index (κ3) is 3.16. The Morgan fingerprint density at radius 1 is 1.27 bits per heavy atom. The lowest BCUT2D eigenvalue weighted by molar-refractivity contribution is -0.155. The first-order valence-electron chi connectivity index (χ1n) is 7.87. The molecule has 2 rings (SSSR count). The van der Waals surface area contributed by atoms with E-state index in [9.17, 15) is 14.7 Å². The van der Waals surface area contributed by atoms with E-state index in [4.69, 9.17) is 0 Å². The quantitative estimate of drug-likeness (QED) is 0.908. The minimum absolute atomic E-state index is 0.0496. The van der Waals surface area contributed by atoms with Crippen LogP contribution in [0.2, 0.25) is 0 Å². The van der Waals surface area contributed by atoms with E-state index < -0.39 is 11.5 Å². The highest BCUT2D eigenvalue weighted by atomic mass is 16.4. The average molecular weight is 303 g/mol. The van der Waals surface area contributed by atoms with E-state index in [1.54, 1.807) is 11.8 Å². The molecule has 0 radical (unpaired) electrons. The fourth-order valence-corrected chi connectivity index (χ4v) is 3.17. The van der Waals surface area contributed by atoms with E-state index in [0.29, 0.717) is 25.8 Å². The van der Waals surface area contributed by atoms with Crippen molar-refractivity contribution in [2.24, 2.45) is 0 Å². The molecule has 1 aliphatic rings. The standard InChI is InChI=1S/C18H25NO3/c1-17(2,14-8-5-4-6-9-14)12-10-15(20)19-13-7-11-18(19,3)16(21)22/h4-6,8-9H,7,10-13H2,1-3H3,(H,21,22). The van der Waals surface area contributed by atoms with Crippen LogP contribution < -0.4 is 0 Å². The molecule has 0 aliphatic carbocycles. The molecule has 1 N–H and O–H groups in total. The summed E-state index contributed by atoms with van der Waals surface area (Å²) in [4.78, 5) is 25.5. The number of amides is 1. The number of carboxylic acids is 1. The van der Waals surface area contributed by atoms with Gasteiger partial charge in [-0.3, -0.25) is 4.79 Å². The third-order valence-electron chi connectivity index (χ3n) is 4.92. The second kappa shape index (κ2) is 6.11. The topological polar surface area (TPSA) is 57.6 Å². The molecule has 1 saturated heterocycles. The van der Waals surface area contributed by atoms with Crippen molar-refractivity contribution in [2.45, 2.75) is 57.4 Å². The minimum atomic E-state index is -1.03.